The lowest BCUT2D eigenvalue weighted by Gasteiger charge is -2.15. The highest BCUT2D eigenvalue weighted by Crippen LogP contribution is 2.38. The summed E-state index contributed by atoms with van der Waals surface area (Å²) >= 11 is 5.91. The van der Waals surface area contributed by atoms with Gasteiger partial charge in [0.05, 0.1) is 21.3 Å². The van der Waals surface area contributed by atoms with Gasteiger partial charge in [-0.1, -0.05) is 11.6 Å². The van der Waals surface area contributed by atoms with E-state index in [2.05, 4.69) is 10.6 Å². The number of benzene rings is 2. The van der Waals surface area contributed by atoms with Crippen molar-refractivity contribution in [2.24, 2.45) is 0 Å². The van der Waals surface area contributed by atoms with Crippen LogP contribution in [0.2, 0.25) is 5.02 Å². The van der Waals surface area contributed by atoms with Gasteiger partial charge in [-0.2, -0.15) is 0 Å². The van der Waals surface area contributed by atoms with Crippen molar-refractivity contribution in [1.29, 1.82) is 0 Å². The molecule has 0 saturated heterocycles. The lowest BCUT2D eigenvalue weighted by Crippen LogP contribution is -2.28. The first-order valence-corrected chi connectivity index (χ1v) is 7.96. The Morgan fingerprint density at radius 1 is 1.04 bits per heavy atom. The number of rotatable bonds is 6. The van der Waals surface area contributed by atoms with Crippen molar-refractivity contribution in [3.8, 4) is 17.2 Å². The van der Waals surface area contributed by atoms with Crippen LogP contribution in [0.15, 0.2) is 30.3 Å². The fourth-order valence-corrected chi connectivity index (χ4v) is 2.58. The predicted molar refractivity (Wildman–Crippen MR) is 98.1 cm³/mol. The van der Waals surface area contributed by atoms with Crippen LogP contribution in [-0.2, 0) is 6.54 Å². The second-order valence-corrected chi connectivity index (χ2v) is 5.74. The minimum Gasteiger partial charge on any atom is -0.493 e. The Morgan fingerprint density at radius 3 is 2.20 bits per heavy atom. The Hall–Kier alpha value is -2.60. The number of amides is 2. The topological polar surface area (TPSA) is 68.8 Å². The minimum atomic E-state index is -0.320. The number of urea groups is 1. The molecule has 2 aromatic rings. The van der Waals surface area contributed by atoms with Gasteiger partial charge < -0.3 is 24.8 Å². The van der Waals surface area contributed by atoms with Crippen molar-refractivity contribution in [3.05, 3.63) is 46.5 Å². The van der Waals surface area contributed by atoms with Gasteiger partial charge in [-0.25, -0.2) is 4.79 Å². The van der Waals surface area contributed by atoms with Gasteiger partial charge in [0.1, 0.15) is 0 Å². The average Bonchev–Trinajstić information content (AvgIpc) is 2.61. The summed E-state index contributed by atoms with van der Waals surface area (Å²) in [5.74, 6) is 1.58. The van der Waals surface area contributed by atoms with Crippen molar-refractivity contribution in [2.45, 2.75) is 13.5 Å². The maximum atomic E-state index is 12.1. The summed E-state index contributed by atoms with van der Waals surface area (Å²) in [6.07, 6.45) is 0. The van der Waals surface area contributed by atoms with E-state index < -0.39 is 0 Å². The number of carbonyl (C=O) groups excluding carboxylic acids is 1. The molecule has 0 saturated carbocycles. The predicted octanol–water partition coefficient (Wildman–Crippen LogP) is 4.00. The molecule has 0 atom stereocenters. The van der Waals surface area contributed by atoms with Crippen LogP contribution >= 0.6 is 11.6 Å². The van der Waals surface area contributed by atoms with Gasteiger partial charge in [-0.15, -0.1) is 0 Å². The van der Waals surface area contributed by atoms with E-state index in [1.54, 1.807) is 51.7 Å². The van der Waals surface area contributed by atoms with Crippen molar-refractivity contribution in [3.63, 3.8) is 0 Å². The van der Waals surface area contributed by atoms with E-state index in [1.807, 2.05) is 6.92 Å². The van der Waals surface area contributed by atoms with Gasteiger partial charge in [0.15, 0.2) is 11.5 Å². The molecule has 134 valence electrons. The molecule has 0 heterocycles. The molecule has 0 radical (unpaired) electrons. The van der Waals surface area contributed by atoms with Gasteiger partial charge in [0.2, 0.25) is 5.75 Å². The van der Waals surface area contributed by atoms with Gasteiger partial charge in [0.25, 0.3) is 0 Å². The highest BCUT2D eigenvalue weighted by Gasteiger charge is 2.13. The van der Waals surface area contributed by atoms with E-state index in [1.165, 1.54) is 0 Å². The van der Waals surface area contributed by atoms with Crippen molar-refractivity contribution in [2.75, 3.05) is 26.6 Å². The highest BCUT2D eigenvalue weighted by atomic mass is 35.5. The van der Waals surface area contributed by atoms with E-state index in [9.17, 15) is 4.79 Å². The highest BCUT2D eigenvalue weighted by molar-refractivity contribution is 6.30. The zero-order valence-corrected chi connectivity index (χ0v) is 15.4. The SMILES string of the molecule is COc1cc(CNC(=O)Nc2ccc(Cl)cc2C)cc(OC)c1OC. The Kier molecular flexibility index (Phi) is 6.36. The monoisotopic (exact) mass is 364 g/mol. The summed E-state index contributed by atoms with van der Waals surface area (Å²) in [7, 11) is 4.63. The summed E-state index contributed by atoms with van der Waals surface area (Å²) in [6, 6.07) is 8.53. The number of halogens is 1. The molecule has 0 spiro atoms. The van der Waals surface area contributed by atoms with E-state index >= 15 is 0 Å². The zero-order chi connectivity index (χ0) is 18.4. The number of hydrogen-bond donors (Lipinski definition) is 2. The van der Waals surface area contributed by atoms with Crippen molar-refractivity contribution >= 4 is 23.3 Å². The Balaban J connectivity index is 2.06. The van der Waals surface area contributed by atoms with E-state index in [-0.39, 0.29) is 6.03 Å². The maximum Gasteiger partial charge on any atom is 0.319 e. The molecule has 7 heteroatoms. The van der Waals surface area contributed by atoms with Crippen LogP contribution < -0.4 is 24.8 Å². The van der Waals surface area contributed by atoms with Crippen LogP contribution in [0.1, 0.15) is 11.1 Å². The fraction of sp³-hybridized carbons (Fsp3) is 0.278. The van der Waals surface area contributed by atoms with E-state index in [0.717, 1.165) is 11.1 Å². The van der Waals surface area contributed by atoms with Crippen molar-refractivity contribution in [1.82, 2.24) is 5.32 Å². The van der Waals surface area contributed by atoms with Crippen LogP contribution in [0.4, 0.5) is 10.5 Å². The molecule has 0 fully saturated rings. The quantitative estimate of drug-likeness (QED) is 0.813. The van der Waals surface area contributed by atoms with E-state index in [0.29, 0.717) is 34.5 Å². The molecule has 0 bridgehead atoms. The molecule has 0 aromatic heterocycles. The van der Waals surface area contributed by atoms with Crippen molar-refractivity contribution < 1.29 is 19.0 Å². The first-order valence-electron chi connectivity index (χ1n) is 7.58. The number of carbonyl (C=O) groups is 1. The molecule has 0 aliphatic rings. The third-order valence-electron chi connectivity index (χ3n) is 3.61. The van der Waals surface area contributed by atoms with Gasteiger partial charge in [-0.05, 0) is 48.4 Å². The van der Waals surface area contributed by atoms with Crippen LogP contribution in [0, 0.1) is 6.92 Å². The van der Waals surface area contributed by atoms with Crippen LogP contribution in [-0.4, -0.2) is 27.4 Å². The molecule has 0 aliphatic carbocycles. The molecule has 0 unspecified atom stereocenters. The summed E-state index contributed by atoms with van der Waals surface area (Å²) in [5.41, 5.74) is 2.40. The molecule has 2 aromatic carbocycles. The number of anilines is 1. The number of methoxy groups -OCH3 is 3. The number of ether oxygens (including phenoxy) is 3. The van der Waals surface area contributed by atoms with Crippen LogP contribution in [0.3, 0.4) is 0 Å². The first-order chi connectivity index (χ1) is 12.0. The molecule has 2 rings (SSSR count). The minimum absolute atomic E-state index is 0.301. The zero-order valence-electron chi connectivity index (χ0n) is 14.6. The number of nitrogens with one attached hydrogen (secondary N) is 2. The lowest BCUT2D eigenvalue weighted by molar-refractivity contribution is 0.251. The van der Waals surface area contributed by atoms with Gasteiger partial charge in [-0.3, -0.25) is 0 Å². The normalized spacial score (nSPS) is 10.1. The Labute approximate surface area is 152 Å². The fourth-order valence-electron chi connectivity index (χ4n) is 2.35. The smallest absolute Gasteiger partial charge is 0.319 e. The molecule has 0 aliphatic heterocycles. The standard InChI is InChI=1S/C18H21ClN2O4/c1-11-7-13(19)5-6-14(11)21-18(22)20-10-12-8-15(23-2)17(25-4)16(9-12)24-3/h5-9H,10H2,1-4H3,(H2,20,21,22). The Bertz CT molecular complexity index is 740. The average molecular weight is 365 g/mol. The summed E-state index contributed by atoms with van der Waals surface area (Å²) in [6.45, 7) is 2.18. The number of hydrogen-bond acceptors (Lipinski definition) is 4. The third-order valence-corrected chi connectivity index (χ3v) is 3.85. The molecule has 6 nitrogen and oxygen atoms in total. The van der Waals surface area contributed by atoms with Gasteiger partial charge >= 0.3 is 6.03 Å². The molecular weight excluding hydrogens is 344 g/mol. The summed E-state index contributed by atoms with van der Waals surface area (Å²) in [5, 5.41) is 6.21. The molecule has 25 heavy (non-hydrogen) atoms. The van der Waals surface area contributed by atoms with Gasteiger partial charge in [0, 0.05) is 17.3 Å². The van der Waals surface area contributed by atoms with E-state index in [4.69, 9.17) is 25.8 Å². The Morgan fingerprint density at radius 2 is 1.68 bits per heavy atom. The number of aryl methyl sites for hydroxylation is 1. The summed E-state index contributed by atoms with van der Waals surface area (Å²) < 4.78 is 15.9. The lowest BCUT2D eigenvalue weighted by atomic mass is 10.1. The first kappa shape index (κ1) is 18.7. The molecule has 2 amide bonds. The molecule has 2 N–H and O–H groups in total. The molecular formula is C18H21ClN2O4. The largest absolute Gasteiger partial charge is 0.493 e. The van der Waals surface area contributed by atoms with Crippen LogP contribution in [0.25, 0.3) is 0 Å². The van der Waals surface area contributed by atoms with Crippen LogP contribution in [0.5, 0.6) is 17.2 Å². The maximum absolute atomic E-state index is 12.1. The second kappa shape index (κ2) is 8.48. The second-order valence-electron chi connectivity index (χ2n) is 5.30. The summed E-state index contributed by atoms with van der Waals surface area (Å²) in [4.78, 5) is 12.1. The third kappa shape index (κ3) is 4.70.